The molecule has 0 aromatic heterocycles. The highest BCUT2D eigenvalue weighted by atomic mass is 16.5. The number of amides is 1. The van der Waals surface area contributed by atoms with E-state index in [-0.39, 0.29) is 18.0 Å². The summed E-state index contributed by atoms with van der Waals surface area (Å²) in [6, 6.07) is -0.864. The SMILES string of the molecule is CCCCC/C=C\C/C=C\C/C=C\C(CCCCCCCC(=O)NC(CCCN)C(=O)O)OC(=O)CCCCCCCCCCCC. The van der Waals surface area contributed by atoms with E-state index in [0.717, 1.165) is 70.6 Å². The molecule has 2 atom stereocenters. The predicted molar refractivity (Wildman–Crippen MR) is 197 cm³/mol. The van der Waals surface area contributed by atoms with Crippen molar-refractivity contribution in [3.63, 3.8) is 0 Å². The summed E-state index contributed by atoms with van der Waals surface area (Å²) >= 11 is 0. The Morgan fingerprint density at radius 2 is 1.17 bits per heavy atom. The van der Waals surface area contributed by atoms with Crippen molar-refractivity contribution in [3.05, 3.63) is 36.5 Å². The number of carbonyl (C=O) groups is 3. The summed E-state index contributed by atoms with van der Waals surface area (Å²) < 4.78 is 5.90. The number of carboxylic acid groups (broad SMARTS) is 1. The number of unbranched alkanes of at least 4 members (excludes halogenated alkanes) is 16. The number of nitrogens with one attached hydrogen (secondary N) is 1. The number of hydrogen-bond acceptors (Lipinski definition) is 5. The summed E-state index contributed by atoms with van der Waals surface area (Å²) in [6.07, 6.45) is 39.1. The Labute approximate surface area is 288 Å². The first kappa shape index (κ1) is 44.6. The molecule has 0 aromatic carbocycles. The molecule has 0 heterocycles. The molecule has 0 rings (SSSR count). The largest absolute Gasteiger partial charge is 0.480 e. The number of aliphatic carboxylic acids is 1. The highest BCUT2D eigenvalue weighted by Gasteiger charge is 2.18. The van der Waals surface area contributed by atoms with Gasteiger partial charge < -0.3 is 20.9 Å². The summed E-state index contributed by atoms with van der Waals surface area (Å²) in [5.41, 5.74) is 5.47. The minimum atomic E-state index is -1.01. The van der Waals surface area contributed by atoms with Crippen LogP contribution in [0.2, 0.25) is 0 Å². The molecule has 0 spiro atoms. The van der Waals surface area contributed by atoms with Crippen LogP contribution >= 0.6 is 0 Å². The number of esters is 1. The number of carboxylic acids is 1. The Kier molecular flexibility index (Phi) is 33.1. The average molecular weight is 661 g/mol. The molecule has 0 radical (unpaired) electrons. The molecule has 0 aliphatic rings. The van der Waals surface area contributed by atoms with Gasteiger partial charge >= 0.3 is 11.9 Å². The smallest absolute Gasteiger partial charge is 0.326 e. The number of allylic oxidation sites excluding steroid dienone is 5. The molecule has 0 aliphatic carbocycles. The first-order chi connectivity index (χ1) is 22.9. The maximum Gasteiger partial charge on any atom is 0.326 e. The number of nitrogens with two attached hydrogens (primary N) is 1. The lowest BCUT2D eigenvalue weighted by Crippen LogP contribution is -2.40. The standard InChI is InChI=1S/C40H72N2O5/c1-3-5-7-9-11-13-15-16-18-21-25-30-36(47-39(44)34-28-24-19-17-14-12-10-8-6-4-2)31-26-22-20-23-27-33-38(43)42-37(40(45)46)32-29-35-41/h11,13,16,18,25,30,36-37H,3-10,12,14-15,17,19-24,26-29,31-35,41H2,1-2H3,(H,42,43)(H,45,46)/b13-11-,18-16-,30-25-. The highest BCUT2D eigenvalue weighted by Crippen LogP contribution is 2.15. The van der Waals surface area contributed by atoms with Crippen molar-refractivity contribution in [1.82, 2.24) is 5.32 Å². The van der Waals surface area contributed by atoms with Crippen LogP contribution in [0.15, 0.2) is 36.5 Å². The third-order valence-corrected chi connectivity index (χ3v) is 8.44. The molecule has 7 nitrogen and oxygen atoms in total. The zero-order valence-electron chi connectivity index (χ0n) is 30.4. The lowest BCUT2D eigenvalue weighted by Gasteiger charge is -2.15. The predicted octanol–water partition coefficient (Wildman–Crippen LogP) is 10.3. The fraction of sp³-hybridized carbons (Fsp3) is 0.775. The van der Waals surface area contributed by atoms with E-state index in [0.29, 0.717) is 32.2 Å². The van der Waals surface area contributed by atoms with Crippen molar-refractivity contribution >= 4 is 17.8 Å². The van der Waals surface area contributed by atoms with E-state index in [2.05, 4.69) is 55.6 Å². The van der Waals surface area contributed by atoms with E-state index in [1.807, 2.05) is 0 Å². The Morgan fingerprint density at radius 1 is 0.638 bits per heavy atom. The molecule has 2 unspecified atom stereocenters. The van der Waals surface area contributed by atoms with Crippen LogP contribution in [0, 0.1) is 0 Å². The summed E-state index contributed by atoms with van der Waals surface area (Å²) in [5.74, 6) is -1.33. The van der Waals surface area contributed by atoms with Crippen LogP contribution in [-0.4, -0.2) is 41.6 Å². The maximum absolute atomic E-state index is 12.6. The first-order valence-corrected chi connectivity index (χ1v) is 19.3. The fourth-order valence-electron chi connectivity index (χ4n) is 5.49. The lowest BCUT2D eigenvalue weighted by atomic mass is 10.1. The van der Waals surface area contributed by atoms with E-state index in [4.69, 9.17) is 10.5 Å². The van der Waals surface area contributed by atoms with Crippen LogP contribution in [0.1, 0.15) is 181 Å². The van der Waals surface area contributed by atoms with Gasteiger partial charge in [-0.2, -0.15) is 0 Å². The fourth-order valence-corrected chi connectivity index (χ4v) is 5.49. The van der Waals surface area contributed by atoms with Crippen molar-refractivity contribution < 1.29 is 24.2 Å². The Hall–Kier alpha value is -2.41. The van der Waals surface area contributed by atoms with Crippen LogP contribution in [0.3, 0.4) is 0 Å². The van der Waals surface area contributed by atoms with Gasteiger partial charge in [0.2, 0.25) is 5.91 Å². The minimum Gasteiger partial charge on any atom is -0.480 e. The zero-order valence-corrected chi connectivity index (χ0v) is 30.4. The molecule has 272 valence electrons. The molecular weight excluding hydrogens is 588 g/mol. The van der Waals surface area contributed by atoms with Crippen molar-refractivity contribution in [2.75, 3.05) is 6.54 Å². The van der Waals surface area contributed by atoms with Crippen molar-refractivity contribution in [1.29, 1.82) is 0 Å². The van der Waals surface area contributed by atoms with E-state index in [9.17, 15) is 19.5 Å². The Bertz CT molecular complexity index is 838. The summed E-state index contributed by atoms with van der Waals surface area (Å²) in [7, 11) is 0. The zero-order chi connectivity index (χ0) is 34.6. The lowest BCUT2D eigenvalue weighted by molar-refractivity contribution is -0.147. The van der Waals surface area contributed by atoms with Gasteiger partial charge in [-0.05, 0) is 76.8 Å². The summed E-state index contributed by atoms with van der Waals surface area (Å²) in [6.45, 7) is 4.88. The third kappa shape index (κ3) is 31.9. The Balaban J connectivity index is 4.47. The van der Waals surface area contributed by atoms with Gasteiger partial charge in [0.25, 0.3) is 0 Å². The molecule has 7 heteroatoms. The first-order valence-electron chi connectivity index (χ1n) is 19.3. The second-order valence-corrected chi connectivity index (χ2v) is 13.0. The molecule has 47 heavy (non-hydrogen) atoms. The van der Waals surface area contributed by atoms with Gasteiger partial charge in [-0.3, -0.25) is 9.59 Å². The van der Waals surface area contributed by atoms with Crippen molar-refractivity contribution in [2.24, 2.45) is 5.73 Å². The van der Waals surface area contributed by atoms with Crippen LogP contribution in [0.4, 0.5) is 0 Å². The summed E-state index contributed by atoms with van der Waals surface area (Å²) in [5, 5.41) is 11.9. The van der Waals surface area contributed by atoms with E-state index < -0.39 is 12.0 Å². The van der Waals surface area contributed by atoms with E-state index in [1.54, 1.807) is 0 Å². The van der Waals surface area contributed by atoms with Gasteiger partial charge in [0.05, 0.1) is 0 Å². The van der Waals surface area contributed by atoms with Crippen LogP contribution in [0.25, 0.3) is 0 Å². The molecular formula is C40H72N2O5. The Morgan fingerprint density at radius 3 is 1.79 bits per heavy atom. The molecule has 0 saturated heterocycles. The molecule has 0 aromatic rings. The molecule has 4 N–H and O–H groups in total. The number of hydrogen-bond donors (Lipinski definition) is 3. The van der Waals surface area contributed by atoms with Gasteiger partial charge in [0, 0.05) is 12.8 Å². The van der Waals surface area contributed by atoms with E-state index in [1.165, 1.54) is 70.6 Å². The molecule has 1 amide bonds. The molecule has 0 fully saturated rings. The molecule has 0 bridgehead atoms. The number of ether oxygens (including phenoxy) is 1. The normalized spacial score (nSPS) is 13.1. The van der Waals surface area contributed by atoms with Crippen LogP contribution in [0.5, 0.6) is 0 Å². The van der Waals surface area contributed by atoms with E-state index >= 15 is 0 Å². The van der Waals surface area contributed by atoms with Crippen LogP contribution in [-0.2, 0) is 19.1 Å². The van der Waals surface area contributed by atoms with Crippen molar-refractivity contribution in [3.8, 4) is 0 Å². The number of carbonyl (C=O) groups excluding carboxylic acids is 2. The van der Waals surface area contributed by atoms with Gasteiger partial charge in [0.1, 0.15) is 12.1 Å². The topological polar surface area (TPSA) is 119 Å². The second-order valence-electron chi connectivity index (χ2n) is 13.0. The monoisotopic (exact) mass is 661 g/mol. The van der Waals surface area contributed by atoms with Crippen molar-refractivity contribution in [2.45, 2.75) is 193 Å². The third-order valence-electron chi connectivity index (χ3n) is 8.44. The average Bonchev–Trinajstić information content (AvgIpc) is 3.05. The number of rotatable bonds is 34. The van der Waals surface area contributed by atoms with Gasteiger partial charge in [-0.1, -0.05) is 134 Å². The molecule has 0 aliphatic heterocycles. The quantitative estimate of drug-likeness (QED) is 0.0359. The summed E-state index contributed by atoms with van der Waals surface area (Å²) in [4.78, 5) is 36.1. The van der Waals surface area contributed by atoms with Gasteiger partial charge in [0.15, 0.2) is 0 Å². The van der Waals surface area contributed by atoms with Crippen LogP contribution < -0.4 is 11.1 Å². The minimum absolute atomic E-state index is 0.0971. The maximum atomic E-state index is 12.6. The molecule has 0 saturated carbocycles. The highest BCUT2D eigenvalue weighted by molar-refractivity contribution is 5.83. The van der Waals surface area contributed by atoms with Gasteiger partial charge in [-0.25, -0.2) is 4.79 Å². The second kappa shape index (κ2) is 34.9. The van der Waals surface area contributed by atoms with Gasteiger partial charge in [-0.15, -0.1) is 0 Å².